The minimum atomic E-state index is -0.970. The number of nitrogens with zero attached hydrogens (tertiary/aromatic N) is 2. The molecule has 0 radical (unpaired) electrons. The third-order valence-corrected chi connectivity index (χ3v) is 4.02. The van der Waals surface area contributed by atoms with Crippen molar-refractivity contribution < 1.29 is 9.90 Å². The summed E-state index contributed by atoms with van der Waals surface area (Å²) >= 11 is 0. The van der Waals surface area contributed by atoms with E-state index in [1.165, 1.54) is 0 Å². The lowest BCUT2D eigenvalue weighted by atomic mass is 9.99. The van der Waals surface area contributed by atoms with Gasteiger partial charge in [-0.1, -0.05) is 31.2 Å². The summed E-state index contributed by atoms with van der Waals surface area (Å²) in [5, 5.41) is 11.2. The third-order valence-electron chi connectivity index (χ3n) is 4.02. The molecule has 104 valence electrons. The van der Waals surface area contributed by atoms with Crippen LogP contribution in [0.4, 0.5) is 5.82 Å². The van der Waals surface area contributed by atoms with Gasteiger partial charge in [0.1, 0.15) is 5.82 Å². The maximum Gasteiger partial charge on any atom is 0.354 e. The van der Waals surface area contributed by atoms with Crippen LogP contribution in [0.15, 0.2) is 30.3 Å². The van der Waals surface area contributed by atoms with Crippen LogP contribution in [0.1, 0.15) is 30.3 Å². The predicted octanol–water partition coefficient (Wildman–Crippen LogP) is 3.17. The smallest absolute Gasteiger partial charge is 0.354 e. The lowest BCUT2D eigenvalue weighted by molar-refractivity contribution is 0.0691. The van der Waals surface area contributed by atoms with Crippen LogP contribution < -0.4 is 4.90 Å². The van der Waals surface area contributed by atoms with E-state index >= 15 is 0 Å². The zero-order chi connectivity index (χ0) is 14.1. The molecule has 4 nitrogen and oxygen atoms in total. The number of fused-ring (bicyclic) bond motifs is 1. The molecule has 3 rings (SSSR count). The van der Waals surface area contributed by atoms with Gasteiger partial charge in [0.05, 0.1) is 0 Å². The Morgan fingerprint density at radius 1 is 1.30 bits per heavy atom. The Hall–Kier alpha value is -2.10. The van der Waals surface area contributed by atoms with Crippen molar-refractivity contribution in [3.63, 3.8) is 0 Å². The van der Waals surface area contributed by atoms with E-state index in [4.69, 9.17) is 0 Å². The SMILES string of the molecule is CC1CCN(c2nc(C(=O)O)cc3ccccc23)CC1. The largest absolute Gasteiger partial charge is 0.477 e. The molecule has 1 aromatic carbocycles. The number of hydrogen-bond donors (Lipinski definition) is 1. The van der Waals surface area contributed by atoms with Crippen molar-refractivity contribution in [1.82, 2.24) is 4.98 Å². The van der Waals surface area contributed by atoms with Gasteiger partial charge in [-0.2, -0.15) is 0 Å². The highest BCUT2D eigenvalue weighted by atomic mass is 16.4. The Morgan fingerprint density at radius 2 is 2.00 bits per heavy atom. The topological polar surface area (TPSA) is 53.4 Å². The van der Waals surface area contributed by atoms with Gasteiger partial charge in [-0.15, -0.1) is 0 Å². The predicted molar refractivity (Wildman–Crippen MR) is 79.3 cm³/mol. The maximum atomic E-state index is 11.3. The molecule has 1 N–H and O–H groups in total. The molecule has 0 bridgehead atoms. The molecule has 0 amide bonds. The van der Waals surface area contributed by atoms with E-state index in [1.807, 2.05) is 24.3 Å². The molecule has 1 aliphatic heterocycles. The number of piperidine rings is 1. The number of carbonyl (C=O) groups is 1. The van der Waals surface area contributed by atoms with Crippen molar-refractivity contribution in [2.75, 3.05) is 18.0 Å². The highest BCUT2D eigenvalue weighted by molar-refractivity contribution is 5.98. The first-order chi connectivity index (χ1) is 9.65. The summed E-state index contributed by atoms with van der Waals surface area (Å²) in [5.41, 5.74) is 0.123. The minimum absolute atomic E-state index is 0.123. The van der Waals surface area contributed by atoms with Crippen molar-refractivity contribution >= 4 is 22.6 Å². The van der Waals surface area contributed by atoms with Gasteiger partial charge in [-0.05, 0) is 30.2 Å². The number of rotatable bonds is 2. The number of anilines is 1. The Balaban J connectivity index is 2.10. The molecule has 0 unspecified atom stereocenters. The second-order valence-electron chi connectivity index (χ2n) is 5.53. The molecule has 2 aromatic rings. The Morgan fingerprint density at radius 3 is 2.70 bits per heavy atom. The molecule has 1 aromatic heterocycles. The summed E-state index contributed by atoms with van der Waals surface area (Å²) in [6, 6.07) is 9.51. The van der Waals surface area contributed by atoms with Crippen LogP contribution in [0.5, 0.6) is 0 Å². The van der Waals surface area contributed by atoms with Gasteiger partial charge in [0.15, 0.2) is 5.69 Å². The van der Waals surface area contributed by atoms with Crippen LogP contribution in [0.3, 0.4) is 0 Å². The number of carboxylic acid groups (broad SMARTS) is 1. The van der Waals surface area contributed by atoms with Gasteiger partial charge in [0.2, 0.25) is 0 Å². The number of carboxylic acids is 1. The average Bonchev–Trinajstić information content (AvgIpc) is 2.47. The fourth-order valence-corrected chi connectivity index (χ4v) is 2.75. The van der Waals surface area contributed by atoms with Crippen LogP contribution in [0, 0.1) is 5.92 Å². The van der Waals surface area contributed by atoms with E-state index < -0.39 is 5.97 Å². The van der Waals surface area contributed by atoms with Crippen LogP contribution >= 0.6 is 0 Å². The third kappa shape index (κ3) is 2.33. The molecule has 0 saturated carbocycles. The molecule has 1 fully saturated rings. The van der Waals surface area contributed by atoms with E-state index in [0.29, 0.717) is 0 Å². The standard InChI is InChI=1S/C16H18N2O2/c1-11-6-8-18(9-7-11)15-13-5-3-2-4-12(13)10-14(17-15)16(19)20/h2-5,10-11H,6-9H2,1H3,(H,19,20). The lowest BCUT2D eigenvalue weighted by Gasteiger charge is -2.32. The Kier molecular flexibility index (Phi) is 3.30. The second kappa shape index (κ2) is 5.12. The highest BCUT2D eigenvalue weighted by Gasteiger charge is 2.20. The van der Waals surface area contributed by atoms with E-state index in [9.17, 15) is 9.90 Å². The molecule has 0 spiro atoms. The Bertz CT molecular complexity index is 646. The number of aromatic carboxylic acids is 1. The highest BCUT2D eigenvalue weighted by Crippen LogP contribution is 2.29. The zero-order valence-corrected chi connectivity index (χ0v) is 11.5. The summed E-state index contributed by atoms with van der Waals surface area (Å²) in [6.45, 7) is 4.15. The molecule has 0 atom stereocenters. The van der Waals surface area contributed by atoms with Crippen LogP contribution in [-0.2, 0) is 0 Å². The van der Waals surface area contributed by atoms with Gasteiger partial charge in [-0.3, -0.25) is 0 Å². The van der Waals surface area contributed by atoms with E-state index in [0.717, 1.165) is 48.4 Å². The summed E-state index contributed by atoms with van der Waals surface area (Å²) in [6.07, 6.45) is 2.26. The quantitative estimate of drug-likeness (QED) is 0.910. The molecule has 1 saturated heterocycles. The van der Waals surface area contributed by atoms with Crippen molar-refractivity contribution in [2.45, 2.75) is 19.8 Å². The van der Waals surface area contributed by atoms with Crippen molar-refractivity contribution in [2.24, 2.45) is 5.92 Å². The molecule has 2 heterocycles. The summed E-state index contributed by atoms with van der Waals surface area (Å²) in [4.78, 5) is 17.8. The van der Waals surface area contributed by atoms with Gasteiger partial charge >= 0.3 is 5.97 Å². The van der Waals surface area contributed by atoms with Crippen LogP contribution in [-0.4, -0.2) is 29.1 Å². The summed E-state index contributed by atoms with van der Waals surface area (Å²) < 4.78 is 0. The van der Waals surface area contributed by atoms with Gasteiger partial charge in [-0.25, -0.2) is 9.78 Å². The fraction of sp³-hybridized carbons (Fsp3) is 0.375. The van der Waals surface area contributed by atoms with Crippen LogP contribution in [0.2, 0.25) is 0 Å². The molecule has 4 heteroatoms. The van der Waals surface area contributed by atoms with Gasteiger partial charge in [0.25, 0.3) is 0 Å². The first-order valence-corrected chi connectivity index (χ1v) is 7.03. The van der Waals surface area contributed by atoms with E-state index in [2.05, 4.69) is 16.8 Å². The zero-order valence-electron chi connectivity index (χ0n) is 11.5. The van der Waals surface area contributed by atoms with Gasteiger partial charge < -0.3 is 10.0 Å². The molecule has 1 aliphatic rings. The van der Waals surface area contributed by atoms with E-state index in [1.54, 1.807) is 6.07 Å². The minimum Gasteiger partial charge on any atom is -0.477 e. The van der Waals surface area contributed by atoms with Crippen molar-refractivity contribution in [3.05, 3.63) is 36.0 Å². The van der Waals surface area contributed by atoms with Gasteiger partial charge in [0, 0.05) is 18.5 Å². The van der Waals surface area contributed by atoms with Crippen molar-refractivity contribution in [1.29, 1.82) is 0 Å². The monoisotopic (exact) mass is 270 g/mol. The lowest BCUT2D eigenvalue weighted by Crippen LogP contribution is -2.33. The number of benzene rings is 1. The number of hydrogen-bond acceptors (Lipinski definition) is 3. The normalized spacial score (nSPS) is 16.6. The van der Waals surface area contributed by atoms with Crippen molar-refractivity contribution in [3.8, 4) is 0 Å². The molecule has 0 aliphatic carbocycles. The maximum absolute atomic E-state index is 11.3. The van der Waals surface area contributed by atoms with E-state index in [-0.39, 0.29) is 5.69 Å². The first-order valence-electron chi connectivity index (χ1n) is 7.03. The second-order valence-corrected chi connectivity index (χ2v) is 5.53. The molecule has 20 heavy (non-hydrogen) atoms. The molecular formula is C16H18N2O2. The number of pyridine rings is 1. The average molecular weight is 270 g/mol. The number of aromatic nitrogens is 1. The summed E-state index contributed by atoms with van der Waals surface area (Å²) in [5.74, 6) is 0.579. The fourth-order valence-electron chi connectivity index (χ4n) is 2.75. The van der Waals surface area contributed by atoms with Crippen LogP contribution in [0.25, 0.3) is 10.8 Å². The molecular weight excluding hydrogens is 252 g/mol. The summed E-state index contributed by atoms with van der Waals surface area (Å²) in [7, 11) is 0. The first kappa shape index (κ1) is 12.9. The Labute approximate surface area is 118 Å².